The molecule has 1 unspecified atom stereocenters. The number of nitrogens with one attached hydrogen (secondary N) is 1. The number of hydrogen-bond donors (Lipinski definition) is 2. The molecule has 1 aliphatic carbocycles. The van der Waals surface area contributed by atoms with Crippen molar-refractivity contribution in [1.82, 2.24) is 5.32 Å². The van der Waals surface area contributed by atoms with Crippen molar-refractivity contribution in [2.75, 3.05) is 6.61 Å². The summed E-state index contributed by atoms with van der Waals surface area (Å²) in [5, 5.41) is 11.9. The van der Waals surface area contributed by atoms with Crippen molar-refractivity contribution >= 4 is 11.9 Å². The van der Waals surface area contributed by atoms with Gasteiger partial charge in [-0.05, 0) is 31.9 Å². The van der Waals surface area contributed by atoms with Gasteiger partial charge in [-0.3, -0.25) is 9.59 Å². The Balaban J connectivity index is 1.78. The molecule has 2 N–H and O–H groups in total. The minimum atomic E-state index is -0.905. The molecule has 0 aromatic heterocycles. The van der Waals surface area contributed by atoms with E-state index in [1.54, 1.807) is 19.1 Å². The number of carboxylic acids is 1. The average Bonchev–Trinajstić information content (AvgIpc) is 2.40. The van der Waals surface area contributed by atoms with Crippen LogP contribution in [-0.2, 0) is 9.59 Å². The molecule has 0 heterocycles. The molecule has 0 saturated heterocycles. The third-order valence-corrected chi connectivity index (χ3v) is 3.97. The van der Waals surface area contributed by atoms with E-state index in [9.17, 15) is 19.1 Å². The highest BCUT2D eigenvalue weighted by Gasteiger charge is 2.45. The summed E-state index contributed by atoms with van der Waals surface area (Å²) < 4.78 is 18.4. The van der Waals surface area contributed by atoms with E-state index in [-0.39, 0.29) is 30.8 Å². The summed E-state index contributed by atoms with van der Waals surface area (Å²) in [7, 11) is 0. The highest BCUT2D eigenvalue weighted by atomic mass is 19.1. The lowest BCUT2D eigenvalue weighted by molar-refractivity contribution is -0.157. The highest BCUT2D eigenvalue weighted by Crippen LogP contribution is 2.44. The summed E-state index contributed by atoms with van der Waals surface area (Å²) in [6.07, 6.45) is 1.93. The van der Waals surface area contributed by atoms with E-state index in [0.717, 1.165) is 6.42 Å². The highest BCUT2D eigenvalue weighted by molar-refractivity contribution is 5.85. The Bertz CT molecular complexity index is 557. The predicted octanol–water partition coefficient (Wildman–Crippen LogP) is 2.35. The van der Waals surface area contributed by atoms with Crippen molar-refractivity contribution in [3.8, 4) is 5.75 Å². The number of halogens is 1. The van der Waals surface area contributed by atoms with Crippen molar-refractivity contribution in [2.45, 2.75) is 38.6 Å². The number of amides is 1. The van der Waals surface area contributed by atoms with Gasteiger partial charge in [0.1, 0.15) is 18.2 Å². The van der Waals surface area contributed by atoms with Gasteiger partial charge in [0.05, 0.1) is 11.5 Å². The van der Waals surface area contributed by atoms with Crippen LogP contribution in [-0.4, -0.2) is 29.6 Å². The molecule has 6 heteroatoms. The van der Waals surface area contributed by atoms with Crippen molar-refractivity contribution in [3.63, 3.8) is 0 Å². The third-order valence-electron chi connectivity index (χ3n) is 3.97. The van der Waals surface area contributed by atoms with Gasteiger partial charge < -0.3 is 15.2 Å². The van der Waals surface area contributed by atoms with Gasteiger partial charge in [0.15, 0.2) is 0 Å². The van der Waals surface area contributed by atoms with Gasteiger partial charge in [-0.2, -0.15) is 0 Å². The Kier molecular flexibility index (Phi) is 5.00. The Hall–Kier alpha value is -2.11. The van der Waals surface area contributed by atoms with Crippen LogP contribution >= 0.6 is 0 Å². The minimum absolute atomic E-state index is 0.00730. The van der Waals surface area contributed by atoms with Gasteiger partial charge in [0, 0.05) is 12.5 Å². The van der Waals surface area contributed by atoms with E-state index < -0.39 is 11.4 Å². The average molecular weight is 309 g/mol. The van der Waals surface area contributed by atoms with Crippen LogP contribution in [0.3, 0.4) is 0 Å². The molecular weight excluding hydrogens is 289 g/mol. The summed E-state index contributed by atoms with van der Waals surface area (Å²) >= 11 is 0. The standard InChI is InChI=1S/C16H20FNO4/c1-11(10-22-13-5-2-4-12(17)8-13)18-14(19)9-16(15(20)21)6-3-7-16/h2,4-5,8,11H,3,6-7,9-10H2,1H3,(H,18,19)(H,20,21). The smallest absolute Gasteiger partial charge is 0.310 e. The van der Waals surface area contributed by atoms with Gasteiger partial charge in [0.2, 0.25) is 5.91 Å². The molecule has 5 nitrogen and oxygen atoms in total. The van der Waals surface area contributed by atoms with Crippen LogP contribution < -0.4 is 10.1 Å². The fourth-order valence-electron chi connectivity index (χ4n) is 2.52. The van der Waals surface area contributed by atoms with E-state index in [4.69, 9.17) is 4.74 Å². The quantitative estimate of drug-likeness (QED) is 0.810. The lowest BCUT2D eigenvalue weighted by Gasteiger charge is -2.37. The molecule has 2 rings (SSSR count). The second kappa shape index (κ2) is 6.77. The molecule has 1 atom stereocenters. The normalized spacial score (nSPS) is 17.2. The molecule has 0 aliphatic heterocycles. The molecule has 1 fully saturated rings. The Labute approximate surface area is 128 Å². The molecule has 0 bridgehead atoms. The lowest BCUT2D eigenvalue weighted by Crippen LogP contribution is -2.45. The van der Waals surface area contributed by atoms with E-state index in [1.165, 1.54) is 12.1 Å². The molecule has 1 amide bonds. The first-order chi connectivity index (χ1) is 10.4. The molecule has 1 saturated carbocycles. The Morgan fingerprint density at radius 3 is 2.73 bits per heavy atom. The number of aliphatic carboxylic acids is 1. The Morgan fingerprint density at radius 1 is 1.45 bits per heavy atom. The zero-order valence-corrected chi connectivity index (χ0v) is 12.5. The van der Waals surface area contributed by atoms with Crippen LogP contribution in [0, 0.1) is 11.2 Å². The van der Waals surface area contributed by atoms with E-state index in [1.807, 2.05) is 0 Å². The van der Waals surface area contributed by atoms with Crippen LogP contribution in [0.1, 0.15) is 32.6 Å². The fourth-order valence-corrected chi connectivity index (χ4v) is 2.52. The summed E-state index contributed by atoms with van der Waals surface area (Å²) in [4.78, 5) is 23.2. The first-order valence-electron chi connectivity index (χ1n) is 7.32. The fraction of sp³-hybridized carbons (Fsp3) is 0.500. The molecular formula is C16H20FNO4. The van der Waals surface area contributed by atoms with Crippen LogP contribution in [0.15, 0.2) is 24.3 Å². The summed E-state index contributed by atoms with van der Waals surface area (Å²) in [5.74, 6) is -1.19. The summed E-state index contributed by atoms with van der Waals surface area (Å²) in [5.41, 5.74) is -0.896. The van der Waals surface area contributed by atoms with E-state index in [2.05, 4.69) is 5.32 Å². The van der Waals surface area contributed by atoms with Crippen molar-refractivity contribution < 1.29 is 23.8 Å². The van der Waals surface area contributed by atoms with Crippen LogP contribution in [0.25, 0.3) is 0 Å². The maximum atomic E-state index is 13.0. The monoisotopic (exact) mass is 309 g/mol. The van der Waals surface area contributed by atoms with Crippen molar-refractivity contribution in [3.05, 3.63) is 30.1 Å². The second-order valence-corrected chi connectivity index (χ2v) is 5.85. The molecule has 0 radical (unpaired) electrons. The van der Waals surface area contributed by atoms with Crippen molar-refractivity contribution in [2.24, 2.45) is 5.41 Å². The number of benzene rings is 1. The van der Waals surface area contributed by atoms with E-state index >= 15 is 0 Å². The Morgan fingerprint density at radius 2 is 2.18 bits per heavy atom. The number of carbonyl (C=O) groups is 2. The van der Waals surface area contributed by atoms with E-state index in [0.29, 0.717) is 18.6 Å². The maximum Gasteiger partial charge on any atom is 0.310 e. The van der Waals surface area contributed by atoms with Gasteiger partial charge in [-0.25, -0.2) is 4.39 Å². The van der Waals surface area contributed by atoms with Gasteiger partial charge >= 0.3 is 5.97 Å². The predicted molar refractivity (Wildman–Crippen MR) is 78.0 cm³/mol. The first kappa shape index (κ1) is 16.3. The number of hydrogen-bond acceptors (Lipinski definition) is 3. The molecule has 120 valence electrons. The second-order valence-electron chi connectivity index (χ2n) is 5.85. The topological polar surface area (TPSA) is 75.6 Å². The summed E-state index contributed by atoms with van der Waals surface area (Å²) in [6.45, 7) is 1.95. The minimum Gasteiger partial charge on any atom is -0.491 e. The molecule has 1 aromatic carbocycles. The first-order valence-corrected chi connectivity index (χ1v) is 7.32. The van der Waals surface area contributed by atoms with Crippen LogP contribution in [0.2, 0.25) is 0 Å². The number of carboxylic acid groups (broad SMARTS) is 1. The van der Waals surface area contributed by atoms with Crippen molar-refractivity contribution in [1.29, 1.82) is 0 Å². The van der Waals surface area contributed by atoms with Gasteiger partial charge in [-0.1, -0.05) is 12.5 Å². The van der Waals surface area contributed by atoms with Gasteiger partial charge in [-0.15, -0.1) is 0 Å². The number of rotatable bonds is 7. The SMILES string of the molecule is CC(COc1cccc(F)c1)NC(=O)CC1(C(=O)O)CCC1. The largest absolute Gasteiger partial charge is 0.491 e. The zero-order chi connectivity index (χ0) is 16.2. The molecule has 22 heavy (non-hydrogen) atoms. The lowest BCUT2D eigenvalue weighted by atomic mass is 9.66. The third kappa shape index (κ3) is 3.96. The number of carbonyl (C=O) groups excluding carboxylic acids is 1. The molecule has 0 spiro atoms. The number of ether oxygens (including phenoxy) is 1. The van der Waals surface area contributed by atoms with Crippen LogP contribution in [0.4, 0.5) is 4.39 Å². The zero-order valence-electron chi connectivity index (χ0n) is 12.5. The molecule has 1 aliphatic rings. The van der Waals surface area contributed by atoms with Gasteiger partial charge in [0.25, 0.3) is 0 Å². The van der Waals surface area contributed by atoms with Crippen LogP contribution in [0.5, 0.6) is 5.75 Å². The maximum absolute atomic E-state index is 13.0. The molecule has 1 aromatic rings. The summed E-state index contributed by atoms with van der Waals surface area (Å²) in [6, 6.07) is 5.47.